The van der Waals surface area contributed by atoms with E-state index < -0.39 is 4.92 Å². The van der Waals surface area contributed by atoms with Crippen molar-refractivity contribution in [1.29, 1.82) is 0 Å². The summed E-state index contributed by atoms with van der Waals surface area (Å²) in [6.45, 7) is 3.10. The summed E-state index contributed by atoms with van der Waals surface area (Å²) in [4.78, 5) is 25.3. The smallest absolute Gasteiger partial charge is 0.320 e. The zero-order valence-corrected chi connectivity index (χ0v) is 10.2. The van der Waals surface area contributed by atoms with E-state index in [0.717, 1.165) is 0 Å². The van der Waals surface area contributed by atoms with Crippen molar-refractivity contribution >= 4 is 22.4 Å². The Morgan fingerprint density at radius 2 is 2.11 bits per heavy atom. The molecule has 0 saturated heterocycles. The molecule has 0 bridgehead atoms. The third kappa shape index (κ3) is 1.62. The van der Waals surface area contributed by atoms with Gasteiger partial charge >= 0.3 is 5.69 Å². The van der Waals surface area contributed by atoms with Crippen LogP contribution >= 0.6 is 0 Å². The molecule has 6 nitrogen and oxygen atoms in total. The molecule has 1 heterocycles. The lowest BCUT2D eigenvalue weighted by atomic mass is 10.1. The number of hydrogen-bond donors (Lipinski definition) is 1. The Hall–Kier alpha value is -2.37. The van der Waals surface area contributed by atoms with E-state index in [2.05, 4.69) is 4.98 Å². The van der Waals surface area contributed by atoms with Crippen molar-refractivity contribution in [2.75, 3.05) is 7.11 Å². The monoisotopic (exact) mass is 248 g/mol. The van der Waals surface area contributed by atoms with E-state index in [9.17, 15) is 14.9 Å². The Morgan fingerprint density at radius 1 is 1.44 bits per heavy atom. The molecule has 0 amide bonds. The number of nitrogens with one attached hydrogen (secondary N) is 1. The Kier molecular flexibility index (Phi) is 2.78. The summed E-state index contributed by atoms with van der Waals surface area (Å²) in [7, 11) is 1.36. The number of ether oxygens (including phenoxy) is 1. The summed E-state index contributed by atoms with van der Waals surface area (Å²) in [5, 5.41) is 11.5. The van der Waals surface area contributed by atoms with Crippen LogP contribution in [0.3, 0.4) is 0 Å². The first-order valence-electron chi connectivity index (χ1n) is 5.32. The Morgan fingerprint density at radius 3 is 2.61 bits per heavy atom. The van der Waals surface area contributed by atoms with E-state index in [1.807, 2.05) is 0 Å². The normalized spacial score (nSPS) is 10.6. The standard InChI is InChI=1S/C12H12N2O4/c1-6-10(7(2)15)11-8(13-6)4-5-9(18-3)12(11)14(16)17/h4-5,13H,1-3H3. The number of benzene rings is 1. The van der Waals surface area contributed by atoms with E-state index in [-0.39, 0.29) is 17.2 Å². The fourth-order valence-electron chi connectivity index (χ4n) is 2.17. The molecular formula is C12H12N2O4. The number of carbonyl (C=O) groups is 1. The maximum absolute atomic E-state index is 11.6. The van der Waals surface area contributed by atoms with E-state index >= 15 is 0 Å². The molecule has 0 aliphatic rings. The van der Waals surface area contributed by atoms with Crippen LogP contribution in [0.2, 0.25) is 0 Å². The molecule has 1 N–H and O–H groups in total. The van der Waals surface area contributed by atoms with Gasteiger partial charge in [0.25, 0.3) is 0 Å². The Labute approximate surface area is 103 Å². The molecule has 6 heteroatoms. The molecule has 0 aliphatic carbocycles. The summed E-state index contributed by atoms with van der Waals surface area (Å²) >= 11 is 0. The van der Waals surface area contributed by atoms with Crippen LogP contribution in [0, 0.1) is 17.0 Å². The number of aryl methyl sites for hydroxylation is 1. The number of carbonyl (C=O) groups excluding carboxylic acids is 1. The highest BCUT2D eigenvalue weighted by Gasteiger charge is 2.26. The average molecular weight is 248 g/mol. The molecule has 2 rings (SSSR count). The number of ketones is 1. The minimum atomic E-state index is -0.527. The molecule has 1 aromatic carbocycles. The van der Waals surface area contributed by atoms with Crippen LogP contribution in [0.4, 0.5) is 5.69 Å². The molecule has 0 saturated carbocycles. The van der Waals surface area contributed by atoms with Gasteiger partial charge in [-0.15, -0.1) is 0 Å². The lowest BCUT2D eigenvalue weighted by Crippen LogP contribution is -1.98. The molecule has 2 aromatic rings. The van der Waals surface area contributed by atoms with Crippen LogP contribution in [-0.2, 0) is 0 Å². The van der Waals surface area contributed by atoms with Crippen LogP contribution < -0.4 is 4.74 Å². The van der Waals surface area contributed by atoms with Gasteiger partial charge in [-0.1, -0.05) is 0 Å². The molecule has 18 heavy (non-hydrogen) atoms. The van der Waals surface area contributed by atoms with Crippen LogP contribution in [0.25, 0.3) is 10.9 Å². The van der Waals surface area contributed by atoms with Gasteiger partial charge in [0.1, 0.15) is 0 Å². The molecule has 0 fully saturated rings. The molecular weight excluding hydrogens is 236 g/mol. The van der Waals surface area contributed by atoms with E-state index in [0.29, 0.717) is 22.2 Å². The molecule has 0 atom stereocenters. The van der Waals surface area contributed by atoms with Gasteiger partial charge in [0.15, 0.2) is 11.5 Å². The zero-order valence-electron chi connectivity index (χ0n) is 10.2. The first-order valence-corrected chi connectivity index (χ1v) is 5.32. The number of aromatic nitrogens is 1. The molecule has 94 valence electrons. The van der Waals surface area contributed by atoms with Gasteiger partial charge in [-0.25, -0.2) is 0 Å². The van der Waals surface area contributed by atoms with Crippen molar-refractivity contribution < 1.29 is 14.5 Å². The summed E-state index contributed by atoms with van der Waals surface area (Å²) in [6.07, 6.45) is 0. The highest BCUT2D eigenvalue weighted by atomic mass is 16.6. The zero-order chi connectivity index (χ0) is 13.4. The van der Waals surface area contributed by atoms with E-state index in [4.69, 9.17) is 4.74 Å². The second-order valence-electron chi connectivity index (χ2n) is 3.98. The lowest BCUT2D eigenvalue weighted by Gasteiger charge is -2.03. The van der Waals surface area contributed by atoms with Gasteiger partial charge in [-0.2, -0.15) is 0 Å². The van der Waals surface area contributed by atoms with Crippen LogP contribution in [-0.4, -0.2) is 22.8 Å². The van der Waals surface area contributed by atoms with Crippen molar-refractivity contribution in [3.8, 4) is 5.75 Å². The fourth-order valence-corrected chi connectivity index (χ4v) is 2.17. The summed E-state index contributed by atoms with van der Waals surface area (Å²) in [6, 6.07) is 3.18. The van der Waals surface area contributed by atoms with Crippen molar-refractivity contribution in [1.82, 2.24) is 4.98 Å². The number of Topliss-reactive ketones (excluding diaryl/α,β-unsaturated/α-hetero) is 1. The highest BCUT2D eigenvalue weighted by Crippen LogP contribution is 2.38. The number of aromatic amines is 1. The molecule has 0 spiro atoms. The van der Waals surface area contributed by atoms with Crippen LogP contribution in [0.5, 0.6) is 5.75 Å². The maximum atomic E-state index is 11.6. The third-order valence-corrected chi connectivity index (χ3v) is 2.84. The maximum Gasteiger partial charge on any atom is 0.320 e. The number of H-pyrrole nitrogens is 1. The lowest BCUT2D eigenvalue weighted by molar-refractivity contribution is -0.383. The van der Waals surface area contributed by atoms with Crippen molar-refractivity contribution in [3.05, 3.63) is 33.5 Å². The van der Waals surface area contributed by atoms with Gasteiger partial charge in [-0.3, -0.25) is 14.9 Å². The van der Waals surface area contributed by atoms with Crippen molar-refractivity contribution in [3.63, 3.8) is 0 Å². The molecule has 0 aliphatic heterocycles. The predicted octanol–water partition coefficient (Wildman–Crippen LogP) is 2.60. The predicted molar refractivity (Wildman–Crippen MR) is 66.2 cm³/mol. The minimum absolute atomic E-state index is 0.147. The largest absolute Gasteiger partial charge is 0.490 e. The number of nitro benzene ring substituents is 1. The number of rotatable bonds is 3. The quantitative estimate of drug-likeness (QED) is 0.514. The average Bonchev–Trinajstić information content (AvgIpc) is 2.62. The molecule has 1 aromatic heterocycles. The number of fused-ring (bicyclic) bond motifs is 1. The van der Waals surface area contributed by atoms with Crippen molar-refractivity contribution in [2.45, 2.75) is 13.8 Å². The van der Waals surface area contributed by atoms with Gasteiger partial charge < -0.3 is 9.72 Å². The van der Waals surface area contributed by atoms with Gasteiger partial charge in [0.05, 0.1) is 28.5 Å². The first-order chi connectivity index (χ1) is 8.47. The second kappa shape index (κ2) is 4.14. The Balaban J connectivity index is 2.98. The number of nitro groups is 1. The van der Waals surface area contributed by atoms with Gasteiger partial charge in [0, 0.05) is 5.69 Å². The third-order valence-electron chi connectivity index (χ3n) is 2.84. The number of nitrogens with zero attached hydrogens (tertiary/aromatic N) is 1. The summed E-state index contributed by atoms with van der Waals surface area (Å²) in [5.74, 6) is -0.0656. The van der Waals surface area contributed by atoms with Crippen LogP contribution in [0.15, 0.2) is 12.1 Å². The fraction of sp³-hybridized carbons (Fsp3) is 0.250. The highest BCUT2D eigenvalue weighted by molar-refractivity contribution is 6.12. The van der Waals surface area contributed by atoms with Gasteiger partial charge in [-0.05, 0) is 26.0 Å². The summed E-state index contributed by atoms with van der Waals surface area (Å²) in [5.41, 5.74) is 1.35. The minimum Gasteiger partial charge on any atom is -0.490 e. The topological polar surface area (TPSA) is 85.2 Å². The van der Waals surface area contributed by atoms with E-state index in [1.54, 1.807) is 13.0 Å². The van der Waals surface area contributed by atoms with Gasteiger partial charge in [0.2, 0.25) is 0 Å². The summed E-state index contributed by atoms with van der Waals surface area (Å²) < 4.78 is 4.99. The first kappa shape index (κ1) is 12.1. The number of methoxy groups -OCH3 is 1. The van der Waals surface area contributed by atoms with Crippen molar-refractivity contribution in [2.24, 2.45) is 0 Å². The van der Waals surface area contributed by atoms with Crippen LogP contribution in [0.1, 0.15) is 23.0 Å². The SMILES string of the molecule is COc1ccc2[nH]c(C)c(C(C)=O)c2c1[N+](=O)[O-]. The Bertz CT molecular complexity index is 658. The van der Waals surface area contributed by atoms with E-state index in [1.165, 1.54) is 20.1 Å². The second-order valence-corrected chi connectivity index (χ2v) is 3.98. The molecule has 0 radical (unpaired) electrons. The number of hydrogen-bond acceptors (Lipinski definition) is 4. The molecule has 0 unspecified atom stereocenters.